The zero-order chi connectivity index (χ0) is 15.0. The number of ether oxygens (including phenoxy) is 2. The van der Waals surface area contributed by atoms with Crippen molar-refractivity contribution in [3.8, 4) is 11.5 Å². The molecule has 1 aliphatic rings. The molecule has 0 bridgehead atoms. The van der Waals surface area contributed by atoms with Crippen LogP contribution in [0.2, 0.25) is 10.0 Å². The largest absolute Gasteiger partial charge is 0.454 e. The van der Waals surface area contributed by atoms with E-state index in [0.29, 0.717) is 32.8 Å². The zero-order valence-corrected chi connectivity index (χ0v) is 12.2. The Bertz CT molecular complexity index is 734. The molecule has 0 saturated heterocycles. The van der Waals surface area contributed by atoms with Crippen LogP contribution in [0, 0.1) is 0 Å². The highest BCUT2D eigenvalue weighted by Crippen LogP contribution is 2.39. The highest BCUT2D eigenvalue weighted by Gasteiger charge is 2.18. The second-order valence-electron chi connectivity index (χ2n) is 4.37. The van der Waals surface area contributed by atoms with Crippen molar-refractivity contribution in [1.82, 2.24) is 0 Å². The van der Waals surface area contributed by atoms with Gasteiger partial charge in [-0.1, -0.05) is 23.2 Å². The molecule has 0 saturated carbocycles. The standard InChI is InChI=1S/C14H10Cl2N2O3/c15-7-1-2-8(10(17)3-7)14(19)18-11-5-13-12(4-9(11)16)20-6-21-13/h1-5H,6,17H2,(H,18,19). The monoisotopic (exact) mass is 324 g/mol. The Kier molecular flexibility index (Phi) is 3.53. The summed E-state index contributed by atoms with van der Waals surface area (Å²) in [5.41, 5.74) is 6.80. The summed E-state index contributed by atoms with van der Waals surface area (Å²) in [6.07, 6.45) is 0. The van der Waals surface area contributed by atoms with Crippen LogP contribution in [-0.2, 0) is 0 Å². The summed E-state index contributed by atoms with van der Waals surface area (Å²) in [6.45, 7) is 0.132. The first-order chi connectivity index (χ1) is 10.0. The van der Waals surface area contributed by atoms with Gasteiger partial charge in [0.05, 0.1) is 16.3 Å². The van der Waals surface area contributed by atoms with Crippen LogP contribution in [0.4, 0.5) is 11.4 Å². The first kappa shape index (κ1) is 13.9. The SMILES string of the molecule is Nc1cc(Cl)ccc1C(=O)Nc1cc2c(cc1Cl)OCO2. The number of carbonyl (C=O) groups excluding carboxylic acids is 1. The number of anilines is 2. The van der Waals surface area contributed by atoms with Crippen LogP contribution < -0.4 is 20.5 Å². The molecule has 1 aliphatic heterocycles. The lowest BCUT2D eigenvalue weighted by Crippen LogP contribution is -2.14. The van der Waals surface area contributed by atoms with E-state index < -0.39 is 0 Å². The molecule has 1 amide bonds. The average Bonchev–Trinajstić information content (AvgIpc) is 2.86. The highest BCUT2D eigenvalue weighted by molar-refractivity contribution is 6.34. The van der Waals surface area contributed by atoms with E-state index in [1.807, 2.05) is 0 Å². The maximum Gasteiger partial charge on any atom is 0.257 e. The summed E-state index contributed by atoms with van der Waals surface area (Å²) in [5, 5.41) is 3.50. The van der Waals surface area contributed by atoms with Crippen LogP contribution in [0.15, 0.2) is 30.3 Å². The van der Waals surface area contributed by atoms with Crippen LogP contribution >= 0.6 is 23.2 Å². The van der Waals surface area contributed by atoms with Gasteiger partial charge in [-0.15, -0.1) is 0 Å². The molecule has 21 heavy (non-hydrogen) atoms. The molecule has 1 heterocycles. The molecule has 2 aromatic rings. The van der Waals surface area contributed by atoms with Gasteiger partial charge >= 0.3 is 0 Å². The number of nitrogens with one attached hydrogen (secondary N) is 1. The molecule has 0 atom stereocenters. The van der Waals surface area contributed by atoms with Crippen LogP contribution in [-0.4, -0.2) is 12.7 Å². The Balaban J connectivity index is 1.88. The summed E-state index contributed by atoms with van der Waals surface area (Å²) >= 11 is 11.9. The van der Waals surface area contributed by atoms with E-state index >= 15 is 0 Å². The molecule has 0 aliphatic carbocycles. The first-order valence-corrected chi connectivity index (χ1v) is 6.76. The molecule has 3 rings (SSSR count). The van der Waals surface area contributed by atoms with E-state index in [-0.39, 0.29) is 18.4 Å². The molecule has 0 spiro atoms. The van der Waals surface area contributed by atoms with Gasteiger partial charge in [-0.3, -0.25) is 4.79 Å². The third-order valence-electron chi connectivity index (χ3n) is 2.97. The number of nitrogen functional groups attached to an aromatic ring is 1. The van der Waals surface area contributed by atoms with Gasteiger partial charge in [0.15, 0.2) is 11.5 Å². The minimum Gasteiger partial charge on any atom is -0.454 e. The van der Waals surface area contributed by atoms with Gasteiger partial charge in [0.25, 0.3) is 5.91 Å². The maximum absolute atomic E-state index is 12.2. The fraction of sp³-hybridized carbons (Fsp3) is 0.0714. The molecule has 7 heteroatoms. The lowest BCUT2D eigenvalue weighted by atomic mass is 10.1. The van der Waals surface area contributed by atoms with Crippen molar-refractivity contribution >= 4 is 40.5 Å². The number of amides is 1. The Morgan fingerprint density at radius 2 is 1.86 bits per heavy atom. The van der Waals surface area contributed by atoms with Crippen molar-refractivity contribution in [1.29, 1.82) is 0 Å². The van der Waals surface area contributed by atoms with Gasteiger partial charge in [0.2, 0.25) is 6.79 Å². The van der Waals surface area contributed by atoms with Crippen molar-refractivity contribution in [3.63, 3.8) is 0 Å². The summed E-state index contributed by atoms with van der Waals surface area (Å²) in [5.74, 6) is 0.688. The summed E-state index contributed by atoms with van der Waals surface area (Å²) < 4.78 is 10.4. The highest BCUT2D eigenvalue weighted by atomic mass is 35.5. The molecule has 0 radical (unpaired) electrons. The van der Waals surface area contributed by atoms with E-state index in [1.165, 1.54) is 6.07 Å². The Morgan fingerprint density at radius 1 is 1.14 bits per heavy atom. The molecule has 0 unspecified atom stereocenters. The predicted molar refractivity (Wildman–Crippen MR) is 81.4 cm³/mol. The number of benzene rings is 2. The molecule has 2 aromatic carbocycles. The third-order valence-corrected chi connectivity index (χ3v) is 3.52. The summed E-state index contributed by atoms with van der Waals surface area (Å²) in [4.78, 5) is 12.2. The molecule has 3 N–H and O–H groups in total. The smallest absolute Gasteiger partial charge is 0.257 e. The van der Waals surface area contributed by atoms with Crippen LogP contribution in [0.5, 0.6) is 11.5 Å². The molecular formula is C14H10Cl2N2O3. The van der Waals surface area contributed by atoms with Crippen molar-refractivity contribution in [2.75, 3.05) is 17.8 Å². The molecule has 108 valence electrons. The predicted octanol–water partition coefficient (Wildman–Crippen LogP) is 3.56. The van der Waals surface area contributed by atoms with Crippen LogP contribution in [0.3, 0.4) is 0 Å². The van der Waals surface area contributed by atoms with Gasteiger partial charge in [0.1, 0.15) is 0 Å². The fourth-order valence-electron chi connectivity index (χ4n) is 1.94. The maximum atomic E-state index is 12.2. The molecule has 0 fully saturated rings. The van der Waals surface area contributed by atoms with E-state index in [1.54, 1.807) is 24.3 Å². The first-order valence-electron chi connectivity index (χ1n) is 6.00. The number of hydrogen-bond donors (Lipinski definition) is 2. The minimum absolute atomic E-state index is 0.132. The lowest BCUT2D eigenvalue weighted by Gasteiger charge is -2.10. The van der Waals surface area contributed by atoms with Gasteiger partial charge < -0.3 is 20.5 Å². The normalized spacial score (nSPS) is 12.3. The Morgan fingerprint density at radius 3 is 2.57 bits per heavy atom. The average molecular weight is 325 g/mol. The zero-order valence-electron chi connectivity index (χ0n) is 10.7. The number of rotatable bonds is 2. The van der Waals surface area contributed by atoms with E-state index in [2.05, 4.69) is 5.32 Å². The second-order valence-corrected chi connectivity index (χ2v) is 5.21. The van der Waals surface area contributed by atoms with Gasteiger partial charge in [-0.2, -0.15) is 0 Å². The van der Waals surface area contributed by atoms with Crippen LogP contribution in [0.1, 0.15) is 10.4 Å². The molecular weight excluding hydrogens is 315 g/mol. The number of nitrogens with two attached hydrogens (primary N) is 1. The third kappa shape index (κ3) is 2.70. The summed E-state index contributed by atoms with van der Waals surface area (Å²) in [6, 6.07) is 7.85. The molecule has 0 aromatic heterocycles. The van der Waals surface area contributed by atoms with Crippen molar-refractivity contribution in [3.05, 3.63) is 45.9 Å². The van der Waals surface area contributed by atoms with E-state index in [9.17, 15) is 4.79 Å². The van der Waals surface area contributed by atoms with Gasteiger partial charge in [-0.05, 0) is 18.2 Å². The molecule has 5 nitrogen and oxygen atoms in total. The van der Waals surface area contributed by atoms with Crippen LogP contribution in [0.25, 0.3) is 0 Å². The van der Waals surface area contributed by atoms with Gasteiger partial charge in [0, 0.05) is 22.8 Å². The van der Waals surface area contributed by atoms with Crippen molar-refractivity contribution in [2.24, 2.45) is 0 Å². The fourth-order valence-corrected chi connectivity index (χ4v) is 2.32. The number of halogens is 2. The Hall–Kier alpha value is -2.11. The van der Waals surface area contributed by atoms with Crippen molar-refractivity contribution < 1.29 is 14.3 Å². The quantitative estimate of drug-likeness (QED) is 0.828. The minimum atomic E-state index is -0.384. The summed E-state index contributed by atoms with van der Waals surface area (Å²) in [7, 11) is 0. The van der Waals surface area contributed by atoms with E-state index in [4.69, 9.17) is 38.4 Å². The second kappa shape index (κ2) is 5.35. The number of carbonyl (C=O) groups is 1. The lowest BCUT2D eigenvalue weighted by molar-refractivity contribution is 0.102. The van der Waals surface area contributed by atoms with Gasteiger partial charge in [-0.25, -0.2) is 0 Å². The number of fused-ring (bicyclic) bond motifs is 1. The number of hydrogen-bond acceptors (Lipinski definition) is 4. The Labute approximate surface area is 130 Å². The topological polar surface area (TPSA) is 73.6 Å². The van der Waals surface area contributed by atoms with E-state index in [0.717, 1.165) is 0 Å². The van der Waals surface area contributed by atoms with Crippen molar-refractivity contribution in [2.45, 2.75) is 0 Å².